The molecule has 37 heavy (non-hydrogen) atoms. The molecule has 0 aromatic heterocycles. The number of hydrogen-bond donors (Lipinski definition) is 1. The van der Waals surface area contributed by atoms with Crippen molar-refractivity contribution >= 4 is 11.9 Å². The molecule has 0 aromatic rings. The summed E-state index contributed by atoms with van der Waals surface area (Å²) < 4.78 is 12.5. The maximum atomic E-state index is 14.1. The van der Waals surface area contributed by atoms with Gasteiger partial charge in [0.05, 0.1) is 17.4 Å². The van der Waals surface area contributed by atoms with E-state index in [1.807, 2.05) is 0 Å². The number of carbonyl (C=O) groups excluding carboxylic acids is 2. The van der Waals surface area contributed by atoms with Gasteiger partial charge in [-0.1, -0.05) is 59.6 Å². The summed E-state index contributed by atoms with van der Waals surface area (Å²) in [7, 11) is 0. The lowest BCUT2D eigenvalue weighted by Crippen LogP contribution is -2.59. The third kappa shape index (κ3) is 3.57. The topological polar surface area (TPSA) is 72.8 Å². The van der Waals surface area contributed by atoms with Crippen molar-refractivity contribution in [1.29, 1.82) is 0 Å². The van der Waals surface area contributed by atoms with Crippen LogP contribution in [0, 0.1) is 45.3 Å². The highest BCUT2D eigenvalue weighted by Crippen LogP contribution is 2.76. The van der Waals surface area contributed by atoms with Crippen molar-refractivity contribution in [3.05, 3.63) is 11.6 Å². The molecule has 4 aliphatic carbocycles. The third-order valence-electron chi connectivity index (χ3n) is 12.3. The van der Waals surface area contributed by atoms with Gasteiger partial charge in [-0.05, 0) is 86.9 Å². The van der Waals surface area contributed by atoms with E-state index >= 15 is 0 Å². The molecule has 9 atom stereocenters. The van der Waals surface area contributed by atoms with Crippen molar-refractivity contribution in [3.8, 4) is 0 Å². The molecule has 5 aliphatic rings. The van der Waals surface area contributed by atoms with E-state index in [0.717, 1.165) is 51.4 Å². The van der Waals surface area contributed by atoms with E-state index in [-0.39, 0.29) is 46.3 Å². The molecular weight excluding hydrogens is 464 g/mol. The van der Waals surface area contributed by atoms with Gasteiger partial charge in [-0.15, -0.1) is 0 Å². The number of hydrogen-bond acceptors (Lipinski definition) is 5. The van der Waals surface area contributed by atoms with E-state index in [9.17, 15) is 14.7 Å². The van der Waals surface area contributed by atoms with Gasteiger partial charge in [0.1, 0.15) is 11.7 Å². The first-order chi connectivity index (χ1) is 17.1. The Morgan fingerprint density at radius 2 is 1.86 bits per heavy atom. The van der Waals surface area contributed by atoms with E-state index in [1.165, 1.54) is 12.5 Å². The van der Waals surface area contributed by atoms with Crippen LogP contribution in [0.4, 0.5) is 0 Å². The predicted octanol–water partition coefficient (Wildman–Crippen LogP) is 6.62. The van der Waals surface area contributed by atoms with Gasteiger partial charge in [0.25, 0.3) is 0 Å². The number of fused-ring (bicyclic) bond motifs is 4. The zero-order chi connectivity index (χ0) is 27.2. The van der Waals surface area contributed by atoms with Crippen LogP contribution in [0.25, 0.3) is 0 Å². The van der Waals surface area contributed by atoms with Crippen LogP contribution in [0.1, 0.15) is 113 Å². The lowest BCUT2D eigenvalue weighted by molar-refractivity contribution is -0.163. The van der Waals surface area contributed by atoms with Gasteiger partial charge >= 0.3 is 11.9 Å². The first-order valence-corrected chi connectivity index (χ1v) is 14.9. The summed E-state index contributed by atoms with van der Waals surface area (Å²) in [5.41, 5.74) is -0.278. The number of cyclic esters (lactones) is 1. The molecule has 0 unspecified atom stereocenters. The molecule has 0 aromatic carbocycles. The van der Waals surface area contributed by atoms with Gasteiger partial charge in [-0.25, -0.2) is 0 Å². The van der Waals surface area contributed by atoms with E-state index in [1.54, 1.807) is 0 Å². The van der Waals surface area contributed by atoms with Crippen LogP contribution in [0.2, 0.25) is 0 Å². The van der Waals surface area contributed by atoms with Gasteiger partial charge in [-0.3, -0.25) is 9.59 Å². The molecule has 0 bridgehead atoms. The Morgan fingerprint density at radius 1 is 1.16 bits per heavy atom. The van der Waals surface area contributed by atoms with Crippen LogP contribution in [0.15, 0.2) is 11.6 Å². The van der Waals surface area contributed by atoms with Crippen LogP contribution in [-0.4, -0.2) is 34.9 Å². The van der Waals surface area contributed by atoms with Gasteiger partial charge in [0.15, 0.2) is 0 Å². The zero-order valence-corrected chi connectivity index (χ0v) is 24.5. The second-order valence-electron chi connectivity index (χ2n) is 15.0. The largest absolute Gasteiger partial charge is 0.462 e. The smallest absolute Gasteiger partial charge is 0.314 e. The van der Waals surface area contributed by atoms with Crippen LogP contribution in [0.3, 0.4) is 0 Å². The van der Waals surface area contributed by atoms with Crippen molar-refractivity contribution in [2.45, 2.75) is 131 Å². The highest BCUT2D eigenvalue weighted by atomic mass is 16.6. The molecule has 1 saturated heterocycles. The SMILES string of the molecule is CC(=O)O[C@@H]1C[C@@]2(C)C3=CC[C@H]4C(C)(C)[C@@H](O)CC[C@]4(C)[C@@H]3CC[C@@]23C(=O)O[C@@](C)(CCCC(C)C)[C@@H]13. The average Bonchev–Trinajstić information content (AvgIpc) is 3.17. The molecule has 4 fully saturated rings. The van der Waals surface area contributed by atoms with Crippen molar-refractivity contribution < 1.29 is 24.2 Å². The summed E-state index contributed by atoms with van der Waals surface area (Å²) >= 11 is 0. The monoisotopic (exact) mass is 514 g/mol. The molecule has 5 heteroatoms. The minimum absolute atomic E-state index is 0.0623. The normalized spacial score (nSPS) is 47.9. The molecule has 1 spiro atoms. The highest BCUT2D eigenvalue weighted by molar-refractivity contribution is 5.84. The maximum absolute atomic E-state index is 14.1. The van der Waals surface area contributed by atoms with Crippen molar-refractivity contribution in [1.82, 2.24) is 0 Å². The second kappa shape index (κ2) is 8.57. The second-order valence-corrected chi connectivity index (χ2v) is 15.0. The van der Waals surface area contributed by atoms with Crippen molar-refractivity contribution in [3.63, 3.8) is 0 Å². The number of aliphatic hydroxyl groups is 1. The summed E-state index contributed by atoms with van der Waals surface area (Å²) in [4.78, 5) is 26.5. The molecule has 0 amide bonds. The lowest BCUT2D eigenvalue weighted by atomic mass is 9.41. The Kier molecular flexibility index (Phi) is 6.30. The zero-order valence-electron chi connectivity index (χ0n) is 24.5. The Hall–Kier alpha value is -1.36. The van der Waals surface area contributed by atoms with Crippen molar-refractivity contribution in [2.24, 2.45) is 45.3 Å². The fourth-order valence-corrected chi connectivity index (χ4v) is 10.6. The first-order valence-electron chi connectivity index (χ1n) is 14.9. The number of carbonyl (C=O) groups is 2. The summed E-state index contributed by atoms with van der Waals surface area (Å²) in [6.45, 7) is 17.3. The maximum Gasteiger partial charge on any atom is 0.314 e. The van der Waals surface area contributed by atoms with E-state index < -0.39 is 11.0 Å². The van der Waals surface area contributed by atoms with Gasteiger partial charge in [-0.2, -0.15) is 0 Å². The third-order valence-corrected chi connectivity index (χ3v) is 12.3. The minimum Gasteiger partial charge on any atom is -0.462 e. The molecule has 1 heterocycles. The standard InChI is InChI=1S/C32H50O5/c1-19(2)10-9-15-31(8)26-23(36-20(3)33)18-30(7)22-11-12-24-28(4,5)25(34)14-16-29(24,6)21(22)13-17-32(26,30)27(35)37-31/h11,19,21,23-26,34H,9-10,12-18H2,1-8H3/t21-,23-,24+,25+,26-,29-,30+,31+,32-/m1/s1. The van der Waals surface area contributed by atoms with E-state index in [0.29, 0.717) is 24.2 Å². The predicted molar refractivity (Wildman–Crippen MR) is 143 cm³/mol. The Labute approximate surface area is 224 Å². The van der Waals surface area contributed by atoms with Crippen LogP contribution in [-0.2, 0) is 19.1 Å². The fourth-order valence-electron chi connectivity index (χ4n) is 10.6. The number of aliphatic hydroxyl groups excluding tert-OH is 1. The summed E-state index contributed by atoms with van der Waals surface area (Å²) in [5, 5.41) is 10.9. The summed E-state index contributed by atoms with van der Waals surface area (Å²) in [5.74, 6) is 0.941. The van der Waals surface area contributed by atoms with Gasteiger partial charge in [0.2, 0.25) is 0 Å². The number of rotatable bonds is 5. The van der Waals surface area contributed by atoms with Crippen LogP contribution >= 0.6 is 0 Å². The quantitative estimate of drug-likeness (QED) is 0.330. The highest BCUT2D eigenvalue weighted by Gasteiger charge is 2.79. The molecular formula is C32H50O5. The average molecular weight is 515 g/mol. The Bertz CT molecular complexity index is 997. The molecule has 0 radical (unpaired) electrons. The Morgan fingerprint density at radius 3 is 2.51 bits per heavy atom. The summed E-state index contributed by atoms with van der Waals surface area (Å²) in [6, 6.07) is 0. The molecule has 5 nitrogen and oxygen atoms in total. The fraction of sp³-hybridized carbons (Fsp3) is 0.875. The number of allylic oxidation sites excluding steroid dienone is 2. The van der Waals surface area contributed by atoms with E-state index in [2.05, 4.69) is 54.5 Å². The van der Waals surface area contributed by atoms with E-state index in [4.69, 9.17) is 9.47 Å². The van der Waals surface area contributed by atoms with Gasteiger partial charge < -0.3 is 14.6 Å². The molecule has 5 rings (SSSR count). The number of esters is 2. The van der Waals surface area contributed by atoms with Crippen molar-refractivity contribution in [2.75, 3.05) is 0 Å². The first kappa shape index (κ1) is 27.2. The molecule has 3 saturated carbocycles. The lowest BCUT2D eigenvalue weighted by Gasteiger charge is -2.63. The minimum atomic E-state index is -0.644. The Balaban J connectivity index is 1.58. The molecule has 208 valence electrons. The van der Waals surface area contributed by atoms with Gasteiger partial charge in [0, 0.05) is 12.3 Å². The molecule has 1 N–H and O–H groups in total. The van der Waals surface area contributed by atoms with Crippen LogP contribution < -0.4 is 0 Å². The molecule has 1 aliphatic heterocycles. The van der Waals surface area contributed by atoms with Crippen LogP contribution in [0.5, 0.6) is 0 Å². The number of ether oxygens (including phenoxy) is 2. The summed E-state index contributed by atoms with van der Waals surface area (Å²) in [6.07, 6.45) is 9.98.